The molecule has 3 rings (SSSR count). The number of nitro groups is 1. The molecule has 11 nitrogen and oxygen atoms in total. The number of methoxy groups -OCH3 is 1. The van der Waals surface area contributed by atoms with Crippen molar-refractivity contribution >= 4 is 34.8 Å². The topological polar surface area (TPSA) is 146 Å². The molecule has 0 heterocycles. The van der Waals surface area contributed by atoms with Gasteiger partial charge in [0.2, 0.25) is 5.82 Å². The van der Waals surface area contributed by atoms with Gasteiger partial charge in [-0.05, 0) is 48.5 Å². The van der Waals surface area contributed by atoms with E-state index < -0.39 is 40.8 Å². The number of benzene rings is 3. The molecule has 0 saturated carbocycles. The molecule has 0 aliphatic heterocycles. The predicted octanol–water partition coefficient (Wildman–Crippen LogP) is 3.56. The average Bonchev–Trinajstić information content (AvgIpc) is 2.87. The third kappa shape index (κ3) is 7.25. The monoisotopic (exact) mass is 497 g/mol. The van der Waals surface area contributed by atoms with E-state index in [0.29, 0.717) is 17.2 Å². The first-order chi connectivity index (χ1) is 17.2. The summed E-state index contributed by atoms with van der Waals surface area (Å²) in [5.74, 6) is -2.11. The maximum absolute atomic E-state index is 13.4. The largest absolute Gasteiger partial charge is 0.497 e. The van der Waals surface area contributed by atoms with Gasteiger partial charge in [0.1, 0.15) is 11.5 Å². The van der Waals surface area contributed by atoms with Crippen LogP contribution in [-0.4, -0.2) is 43.0 Å². The first kappa shape index (κ1) is 25.6. The van der Waals surface area contributed by atoms with Crippen molar-refractivity contribution in [2.45, 2.75) is 0 Å². The number of ether oxygens (including phenoxy) is 3. The summed E-state index contributed by atoms with van der Waals surface area (Å²) >= 11 is 0. The van der Waals surface area contributed by atoms with Crippen molar-refractivity contribution in [3.8, 4) is 11.5 Å². The van der Waals surface area contributed by atoms with E-state index in [1.165, 1.54) is 31.4 Å². The minimum atomic E-state index is -1.05. The van der Waals surface area contributed by atoms with Gasteiger partial charge >= 0.3 is 11.7 Å². The lowest BCUT2D eigenvalue weighted by Crippen LogP contribution is -2.21. The van der Waals surface area contributed by atoms with Gasteiger partial charge in [0.15, 0.2) is 13.2 Å². The van der Waals surface area contributed by atoms with E-state index in [9.17, 15) is 28.9 Å². The van der Waals surface area contributed by atoms with Crippen molar-refractivity contribution < 1.29 is 37.9 Å². The first-order valence-corrected chi connectivity index (χ1v) is 10.3. The second kappa shape index (κ2) is 11.9. The van der Waals surface area contributed by atoms with Crippen LogP contribution in [0.3, 0.4) is 0 Å². The van der Waals surface area contributed by atoms with Crippen LogP contribution in [0.2, 0.25) is 0 Å². The second-order valence-electron chi connectivity index (χ2n) is 7.14. The maximum atomic E-state index is 13.4. The summed E-state index contributed by atoms with van der Waals surface area (Å²) in [7, 11) is 1.52. The number of anilines is 2. The molecule has 36 heavy (non-hydrogen) atoms. The highest BCUT2D eigenvalue weighted by atomic mass is 19.1. The van der Waals surface area contributed by atoms with Crippen molar-refractivity contribution in [1.82, 2.24) is 0 Å². The van der Waals surface area contributed by atoms with Gasteiger partial charge in [-0.15, -0.1) is 0 Å². The van der Waals surface area contributed by atoms with Crippen LogP contribution < -0.4 is 20.1 Å². The molecule has 0 aliphatic rings. The van der Waals surface area contributed by atoms with Crippen LogP contribution in [0.1, 0.15) is 10.4 Å². The highest BCUT2D eigenvalue weighted by Gasteiger charge is 2.16. The van der Waals surface area contributed by atoms with Gasteiger partial charge in [-0.1, -0.05) is 6.07 Å². The van der Waals surface area contributed by atoms with Crippen LogP contribution in [-0.2, 0) is 14.3 Å². The summed E-state index contributed by atoms with van der Waals surface area (Å²) in [6, 6.07) is 15.3. The fourth-order valence-corrected chi connectivity index (χ4v) is 2.88. The van der Waals surface area contributed by atoms with Crippen LogP contribution in [0.25, 0.3) is 0 Å². The number of rotatable bonds is 10. The van der Waals surface area contributed by atoms with Gasteiger partial charge in [0, 0.05) is 23.5 Å². The minimum Gasteiger partial charge on any atom is -0.497 e. The quantitative estimate of drug-likeness (QED) is 0.246. The summed E-state index contributed by atoms with van der Waals surface area (Å²) in [5, 5.41) is 15.7. The van der Waals surface area contributed by atoms with Crippen LogP contribution in [0, 0.1) is 15.9 Å². The van der Waals surface area contributed by atoms with Gasteiger partial charge in [-0.2, -0.15) is 4.39 Å². The molecule has 12 heteroatoms. The fourth-order valence-electron chi connectivity index (χ4n) is 2.88. The Labute approximate surface area is 203 Å². The SMILES string of the molecule is COc1cccc(NC(=O)COc2ccc(C(=O)OCC(=O)Nc3ccc(F)c([N+](=O)[O-])c3)cc2)c1. The number of carbonyl (C=O) groups excluding carboxylic acids is 3. The number of hydrogen-bond donors (Lipinski definition) is 2. The molecule has 0 unspecified atom stereocenters. The van der Waals surface area contributed by atoms with E-state index in [2.05, 4.69) is 10.6 Å². The Kier molecular flexibility index (Phi) is 8.49. The molecule has 186 valence electrons. The minimum absolute atomic E-state index is 0.0268. The van der Waals surface area contributed by atoms with E-state index in [4.69, 9.17) is 14.2 Å². The maximum Gasteiger partial charge on any atom is 0.338 e. The third-order valence-electron chi connectivity index (χ3n) is 4.57. The second-order valence-corrected chi connectivity index (χ2v) is 7.14. The number of carbonyl (C=O) groups is 3. The number of halogens is 1. The van der Waals surface area contributed by atoms with Crippen LogP contribution in [0.4, 0.5) is 21.5 Å². The van der Waals surface area contributed by atoms with Crippen LogP contribution in [0.5, 0.6) is 11.5 Å². The molecular weight excluding hydrogens is 477 g/mol. The van der Waals surface area contributed by atoms with Gasteiger partial charge in [0.25, 0.3) is 11.8 Å². The van der Waals surface area contributed by atoms with Crippen molar-refractivity contribution in [2.75, 3.05) is 31.0 Å². The number of esters is 1. The molecule has 0 radical (unpaired) electrons. The Morgan fingerprint density at radius 1 is 0.889 bits per heavy atom. The van der Waals surface area contributed by atoms with E-state index in [1.54, 1.807) is 24.3 Å². The molecule has 2 amide bonds. The number of amides is 2. The molecule has 0 aromatic heterocycles. The molecular formula is C24H20FN3O8. The van der Waals surface area contributed by atoms with E-state index in [1.807, 2.05) is 0 Å². The predicted molar refractivity (Wildman–Crippen MR) is 126 cm³/mol. The van der Waals surface area contributed by atoms with E-state index in [-0.39, 0.29) is 17.9 Å². The van der Waals surface area contributed by atoms with Crippen LogP contribution >= 0.6 is 0 Å². The van der Waals surface area contributed by atoms with E-state index in [0.717, 1.165) is 18.2 Å². The Balaban J connectivity index is 1.45. The zero-order valence-corrected chi connectivity index (χ0v) is 18.9. The Hall–Kier alpha value is -5.00. The van der Waals surface area contributed by atoms with E-state index >= 15 is 0 Å². The first-order valence-electron chi connectivity index (χ1n) is 10.3. The number of hydrogen-bond acceptors (Lipinski definition) is 8. The average molecular weight is 497 g/mol. The van der Waals surface area contributed by atoms with Gasteiger partial charge in [-0.25, -0.2) is 4.79 Å². The lowest BCUT2D eigenvalue weighted by molar-refractivity contribution is -0.387. The Bertz CT molecular complexity index is 1280. The number of nitrogens with one attached hydrogen (secondary N) is 2. The molecule has 0 aliphatic carbocycles. The normalized spacial score (nSPS) is 10.2. The van der Waals surface area contributed by atoms with Crippen LogP contribution in [0.15, 0.2) is 66.7 Å². The standard InChI is InChI=1S/C24H20FN3O8/c1-34-19-4-2-3-16(11-19)26-22(29)13-35-18-8-5-15(6-9-18)24(31)36-14-23(30)27-17-7-10-20(25)21(12-17)28(32)33/h2-12H,13-14H2,1H3,(H,26,29)(H,27,30). The number of nitrogens with zero attached hydrogens (tertiary/aromatic N) is 1. The zero-order chi connectivity index (χ0) is 26.1. The van der Waals surface area contributed by atoms with Gasteiger partial charge < -0.3 is 24.8 Å². The lowest BCUT2D eigenvalue weighted by Gasteiger charge is -2.09. The molecule has 3 aromatic rings. The zero-order valence-electron chi connectivity index (χ0n) is 18.9. The van der Waals surface area contributed by atoms with Crippen molar-refractivity contribution in [3.63, 3.8) is 0 Å². The Morgan fingerprint density at radius 2 is 1.56 bits per heavy atom. The summed E-state index contributed by atoms with van der Waals surface area (Å²) in [4.78, 5) is 46.1. The van der Waals surface area contributed by atoms with Crippen molar-refractivity contribution in [1.29, 1.82) is 0 Å². The summed E-state index contributed by atoms with van der Waals surface area (Å²) in [5.41, 5.74) is -0.165. The summed E-state index contributed by atoms with van der Waals surface area (Å²) in [6.07, 6.45) is 0. The summed E-state index contributed by atoms with van der Waals surface area (Å²) < 4.78 is 28.8. The molecule has 0 fully saturated rings. The highest BCUT2D eigenvalue weighted by molar-refractivity contribution is 5.95. The highest BCUT2D eigenvalue weighted by Crippen LogP contribution is 2.21. The molecule has 0 atom stereocenters. The van der Waals surface area contributed by atoms with Gasteiger partial charge in [-0.3, -0.25) is 19.7 Å². The van der Waals surface area contributed by atoms with Gasteiger partial charge in [0.05, 0.1) is 17.6 Å². The van der Waals surface area contributed by atoms with Crippen molar-refractivity contribution in [2.24, 2.45) is 0 Å². The smallest absolute Gasteiger partial charge is 0.338 e. The molecule has 3 aromatic carbocycles. The molecule has 0 saturated heterocycles. The van der Waals surface area contributed by atoms with Crippen molar-refractivity contribution in [3.05, 3.63) is 88.2 Å². The molecule has 2 N–H and O–H groups in total. The fraction of sp³-hybridized carbons (Fsp3) is 0.125. The lowest BCUT2D eigenvalue weighted by atomic mass is 10.2. The Morgan fingerprint density at radius 3 is 2.22 bits per heavy atom. The number of nitro benzene ring substituents is 1. The summed E-state index contributed by atoms with van der Waals surface area (Å²) in [6.45, 7) is -0.949. The molecule has 0 spiro atoms. The third-order valence-corrected chi connectivity index (χ3v) is 4.57. The molecule has 0 bridgehead atoms.